The van der Waals surface area contributed by atoms with Gasteiger partial charge in [0.25, 0.3) is 0 Å². The summed E-state index contributed by atoms with van der Waals surface area (Å²) in [5, 5.41) is 13.1. The maximum absolute atomic E-state index is 10.7. The SMILES string of the molecule is CC(C)[Si](C#C[C@@H](O)Cc1ccc2ccccc2c1I)(C(C)C)C(C)C. The molecule has 0 saturated carbocycles. The van der Waals surface area contributed by atoms with Crippen LogP contribution in [0.25, 0.3) is 10.8 Å². The molecule has 0 aliphatic rings. The van der Waals surface area contributed by atoms with Gasteiger partial charge in [0.1, 0.15) is 14.2 Å². The summed E-state index contributed by atoms with van der Waals surface area (Å²) in [5.74, 6) is 3.26. The smallest absolute Gasteiger partial charge is 0.146 e. The largest absolute Gasteiger partial charge is 0.380 e. The van der Waals surface area contributed by atoms with Crippen molar-refractivity contribution in [3.05, 3.63) is 45.5 Å². The standard InChI is InChI=1S/C23H31IOSi/c1-16(2)26(17(3)4,18(5)6)14-13-21(25)15-20-12-11-19-9-7-8-10-22(19)23(20)24/h7-12,16-18,21,25H,15H2,1-6H3/t21-/m1/s1. The average molecular weight is 478 g/mol. The molecule has 0 aliphatic heterocycles. The van der Waals surface area contributed by atoms with Crippen LogP contribution >= 0.6 is 22.6 Å². The summed E-state index contributed by atoms with van der Waals surface area (Å²) in [6, 6.07) is 12.7. The molecule has 2 aromatic rings. The van der Waals surface area contributed by atoms with Gasteiger partial charge in [0.2, 0.25) is 0 Å². The molecule has 0 saturated heterocycles. The van der Waals surface area contributed by atoms with Crippen molar-refractivity contribution in [2.45, 2.75) is 70.7 Å². The molecule has 1 N–H and O–H groups in total. The fourth-order valence-electron chi connectivity index (χ4n) is 4.34. The Morgan fingerprint density at radius 3 is 2.08 bits per heavy atom. The molecule has 0 aliphatic carbocycles. The Kier molecular flexibility index (Phi) is 7.35. The molecule has 0 radical (unpaired) electrons. The maximum Gasteiger partial charge on any atom is 0.146 e. The highest BCUT2D eigenvalue weighted by molar-refractivity contribution is 14.1. The summed E-state index contributed by atoms with van der Waals surface area (Å²) in [5.41, 5.74) is 6.58. The highest BCUT2D eigenvalue weighted by Gasteiger charge is 2.41. The van der Waals surface area contributed by atoms with Crippen LogP contribution in [0.1, 0.15) is 47.1 Å². The van der Waals surface area contributed by atoms with Crippen molar-refractivity contribution in [1.29, 1.82) is 0 Å². The molecule has 0 unspecified atom stereocenters. The number of fused-ring (bicyclic) bond motifs is 1. The number of aliphatic hydroxyl groups is 1. The van der Waals surface area contributed by atoms with E-state index in [9.17, 15) is 5.11 Å². The molecule has 0 spiro atoms. The first-order chi connectivity index (χ1) is 12.2. The van der Waals surface area contributed by atoms with Gasteiger partial charge in [0.05, 0.1) is 0 Å². The molecule has 0 aromatic heterocycles. The lowest BCUT2D eigenvalue weighted by atomic mass is 10.0. The van der Waals surface area contributed by atoms with E-state index in [1.165, 1.54) is 19.9 Å². The minimum atomic E-state index is -1.79. The average Bonchev–Trinajstić information content (AvgIpc) is 2.57. The molecule has 1 atom stereocenters. The zero-order valence-corrected chi connectivity index (χ0v) is 20.0. The number of benzene rings is 2. The van der Waals surface area contributed by atoms with E-state index in [2.05, 4.69) is 112 Å². The van der Waals surface area contributed by atoms with Gasteiger partial charge < -0.3 is 5.11 Å². The van der Waals surface area contributed by atoms with Crippen LogP contribution in [-0.2, 0) is 6.42 Å². The second kappa shape index (κ2) is 8.90. The van der Waals surface area contributed by atoms with Gasteiger partial charge in [-0.1, -0.05) is 83.9 Å². The molecular weight excluding hydrogens is 447 g/mol. The van der Waals surface area contributed by atoms with Crippen LogP contribution in [0.3, 0.4) is 0 Å². The van der Waals surface area contributed by atoms with E-state index in [-0.39, 0.29) is 0 Å². The van der Waals surface area contributed by atoms with Gasteiger partial charge in [-0.05, 0) is 55.6 Å². The third-order valence-electron chi connectivity index (χ3n) is 5.68. The maximum atomic E-state index is 10.7. The van der Waals surface area contributed by atoms with E-state index in [0.717, 1.165) is 0 Å². The first-order valence-corrected chi connectivity index (χ1v) is 12.9. The van der Waals surface area contributed by atoms with E-state index in [0.29, 0.717) is 23.0 Å². The van der Waals surface area contributed by atoms with Crippen molar-refractivity contribution < 1.29 is 5.11 Å². The van der Waals surface area contributed by atoms with Gasteiger partial charge in [-0.15, -0.1) is 5.54 Å². The quantitative estimate of drug-likeness (QED) is 0.293. The minimum Gasteiger partial charge on any atom is -0.380 e. The van der Waals surface area contributed by atoms with Crippen LogP contribution in [0.15, 0.2) is 36.4 Å². The molecular formula is C23H31IOSi. The van der Waals surface area contributed by atoms with Gasteiger partial charge in [0, 0.05) is 9.99 Å². The van der Waals surface area contributed by atoms with Crippen LogP contribution < -0.4 is 0 Å². The highest BCUT2D eigenvalue weighted by atomic mass is 127. The summed E-state index contributed by atoms with van der Waals surface area (Å²) in [7, 11) is -1.79. The predicted molar refractivity (Wildman–Crippen MR) is 125 cm³/mol. The molecule has 1 nitrogen and oxygen atoms in total. The molecule has 2 aromatic carbocycles. The lowest BCUT2D eigenvalue weighted by Gasteiger charge is -2.38. The van der Waals surface area contributed by atoms with Crippen molar-refractivity contribution in [2.75, 3.05) is 0 Å². The van der Waals surface area contributed by atoms with Crippen molar-refractivity contribution in [2.24, 2.45) is 0 Å². The zero-order valence-electron chi connectivity index (χ0n) is 16.8. The van der Waals surface area contributed by atoms with Gasteiger partial charge in [0.15, 0.2) is 0 Å². The number of hydrogen-bond acceptors (Lipinski definition) is 1. The number of rotatable bonds is 5. The van der Waals surface area contributed by atoms with Crippen LogP contribution in [0.5, 0.6) is 0 Å². The van der Waals surface area contributed by atoms with E-state index in [1.54, 1.807) is 0 Å². The lowest BCUT2D eigenvalue weighted by Crippen LogP contribution is -2.43. The molecule has 0 bridgehead atoms. The van der Waals surface area contributed by atoms with Gasteiger partial charge in [-0.2, -0.15) is 0 Å². The van der Waals surface area contributed by atoms with E-state index in [1.807, 2.05) is 0 Å². The Hall–Kier alpha value is -0.833. The van der Waals surface area contributed by atoms with Crippen LogP contribution in [0.4, 0.5) is 0 Å². The predicted octanol–water partition coefficient (Wildman–Crippen LogP) is 6.57. The summed E-state index contributed by atoms with van der Waals surface area (Å²) in [6.07, 6.45) is -0.0117. The summed E-state index contributed by atoms with van der Waals surface area (Å²) in [4.78, 5) is 0. The fourth-order valence-corrected chi connectivity index (χ4v) is 10.5. The topological polar surface area (TPSA) is 20.2 Å². The van der Waals surface area contributed by atoms with Crippen molar-refractivity contribution in [3.63, 3.8) is 0 Å². The molecule has 26 heavy (non-hydrogen) atoms. The van der Waals surface area contributed by atoms with Gasteiger partial charge >= 0.3 is 0 Å². The third kappa shape index (κ3) is 4.35. The Balaban J connectivity index is 2.30. The number of hydrogen-bond donors (Lipinski definition) is 1. The summed E-state index contributed by atoms with van der Waals surface area (Å²) in [6.45, 7) is 13.8. The molecule has 140 valence electrons. The monoisotopic (exact) mass is 478 g/mol. The summed E-state index contributed by atoms with van der Waals surface area (Å²) >= 11 is 2.40. The molecule has 0 heterocycles. The Labute approximate surface area is 173 Å². The first kappa shape index (κ1) is 21.5. The van der Waals surface area contributed by atoms with E-state index >= 15 is 0 Å². The minimum absolute atomic E-state index is 0.586. The summed E-state index contributed by atoms with van der Waals surface area (Å²) < 4.78 is 1.22. The van der Waals surface area contributed by atoms with Crippen molar-refractivity contribution in [3.8, 4) is 11.5 Å². The van der Waals surface area contributed by atoms with Gasteiger partial charge in [-0.3, -0.25) is 0 Å². The first-order valence-electron chi connectivity index (χ1n) is 9.57. The number of aliphatic hydroxyl groups excluding tert-OH is 1. The van der Waals surface area contributed by atoms with E-state index < -0.39 is 14.2 Å². The van der Waals surface area contributed by atoms with Crippen LogP contribution in [0.2, 0.25) is 16.6 Å². The normalized spacial score (nSPS) is 13.3. The van der Waals surface area contributed by atoms with Crippen molar-refractivity contribution >= 4 is 41.4 Å². The molecule has 3 heteroatoms. The second-order valence-corrected chi connectivity index (χ2v) is 14.8. The second-order valence-electron chi connectivity index (χ2n) is 8.15. The number of halogens is 1. The Bertz CT molecular complexity index is 792. The van der Waals surface area contributed by atoms with Gasteiger partial charge in [-0.25, -0.2) is 0 Å². The lowest BCUT2D eigenvalue weighted by molar-refractivity contribution is 0.233. The third-order valence-corrected chi connectivity index (χ3v) is 13.3. The molecule has 0 amide bonds. The highest BCUT2D eigenvalue weighted by Crippen LogP contribution is 2.40. The van der Waals surface area contributed by atoms with E-state index in [4.69, 9.17) is 0 Å². The van der Waals surface area contributed by atoms with Crippen molar-refractivity contribution in [1.82, 2.24) is 0 Å². The Morgan fingerprint density at radius 2 is 1.50 bits per heavy atom. The van der Waals surface area contributed by atoms with Crippen LogP contribution in [-0.4, -0.2) is 19.3 Å². The molecule has 2 rings (SSSR count). The Morgan fingerprint density at radius 1 is 0.923 bits per heavy atom. The molecule has 0 fully saturated rings. The van der Waals surface area contributed by atoms with Crippen LogP contribution in [0, 0.1) is 15.0 Å². The zero-order chi connectivity index (χ0) is 19.5. The fraction of sp³-hybridized carbons (Fsp3) is 0.478.